The molecule has 0 bridgehead atoms. The van der Waals surface area contributed by atoms with Gasteiger partial charge in [0.15, 0.2) is 6.04 Å². The van der Waals surface area contributed by atoms with Crippen LogP contribution in [0.2, 0.25) is 0 Å². The van der Waals surface area contributed by atoms with E-state index in [1.807, 2.05) is 0 Å². The summed E-state index contributed by atoms with van der Waals surface area (Å²) in [7, 11) is 0. The zero-order chi connectivity index (χ0) is 13.1. The number of fused-ring (bicyclic) bond motifs is 1. The van der Waals surface area contributed by atoms with E-state index in [1.165, 1.54) is 11.2 Å². The van der Waals surface area contributed by atoms with E-state index < -0.39 is 18.1 Å². The first-order chi connectivity index (χ1) is 8.65. The molecule has 0 aliphatic carbocycles. The van der Waals surface area contributed by atoms with Gasteiger partial charge in [0.05, 0.1) is 19.6 Å². The van der Waals surface area contributed by atoms with Crippen LogP contribution in [0.4, 0.5) is 0 Å². The largest absolute Gasteiger partial charge is 0.412 e. The van der Waals surface area contributed by atoms with Gasteiger partial charge < -0.3 is 20.4 Å². The molecule has 10 nitrogen and oxygen atoms in total. The third-order valence-electron chi connectivity index (χ3n) is 2.47. The number of nitrogens with one attached hydrogen (secondary N) is 2. The second kappa shape index (κ2) is 6.33. The van der Waals surface area contributed by atoms with Gasteiger partial charge in [0.1, 0.15) is 18.7 Å². The topological polar surface area (TPSA) is 162 Å². The molecule has 2 aliphatic rings. The number of ether oxygens (including phenoxy) is 1. The molecule has 0 aromatic heterocycles. The minimum Gasteiger partial charge on any atom is -0.412 e. The maximum absolute atomic E-state index is 11.5. The number of aliphatic hydroxyl groups is 2. The SMILES string of the molecule is N=C1N=C2C(N=CN2COC(CO)CO)C(=O)N1.O. The fourth-order valence-corrected chi connectivity index (χ4v) is 1.52. The van der Waals surface area contributed by atoms with Crippen molar-refractivity contribution in [1.82, 2.24) is 10.2 Å². The van der Waals surface area contributed by atoms with Gasteiger partial charge in [0.2, 0.25) is 5.96 Å². The summed E-state index contributed by atoms with van der Waals surface area (Å²) >= 11 is 0. The van der Waals surface area contributed by atoms with Gasteiger partial charge in [-0.25, -0.2) is 0 Å². The standard InChI is InChI=1S/C9H13N5O4.H2O/c10-9-12-7-6(8(17)13-9)11-3-14(7)4-18-5(1-15)2-16;/h3,5-6,15-16H,1-2,4H2,(H2,10,13,17);1H2. The lowest BCUT2D eigenvalue weighted by Gasteiger charge is -2.23. The van der Waals surface area contributed by atoms with E-state index in [0.717, 1.165) is 0 Å². The molecule has 2 aliphatic heterocycles. The number of hydrogen-bond acceptors (Lipinski definition) is 7. The fourth-order valence-electron chi connectivity index (χ4n) is 1.52. The lowest BCUT2D eigenvalue weighted by Crippen LogP contribution is -2.49. The zero-order valence-corrected chi connectivity index (χ0v) is 9.91. The number of aliphatic hydroxyl groups excluding tert-OH is 2. The molecule has 0 radical (unpaired) electrons. The number of carbonyl (C=O) groups is 1. The van der Waals surface area contributed by atoms with Gasteiger partial charge in [0, 0.05) is 0 Å². The Labute approximate surface area is 108 Å². The van der Waals surface area contributed by atoms with E-state index in [2.05, 4.69) is 15.3 Å². The van der Waals surface area contributed by atoms with Crippen molar-refractivity contribution in [2.75, 3.05) is 19.9 Å². The number of amidine groups is 1. The average molecular weight is 273 g/mol. The van der Waals surface area contributed by atoms with Gasteiger partial charge in [-0.15, -0.1) is 0 Å². The zero-order valence-electron chi connectivity index (χ0n) is 9.91. The van der Waals surface area contributed by atoms with Gasteiger partial charge in [-0.3, -0.25) is 25.4 Å². The summed E-state index contributed by atoms with van der Waals surface area (Å²) < 4.78 is 5.20. The first-order valence-corrected chi connectivity index (χ1v) is 5.27. The molecule has 2 heterocycles. The minimum atomic E-state index is -0.760. The van der Waals surface area contributed by atoms with Crippen LogP contribution >= 0.6 is 0 Å². The monoisotopic (exact) mass is 273 g/mol. The first kappa shape index (κ1) is 15.2. The van der Waals surface area contributed by atoms with E-state index in [-0.39, 0.29) is 31.4 Å². The lowest BCUT2D eigenvalue weighted by molar-refractivity contribution is -0.119. The highest BCUT2D eigenvalue weighted by Gasteiger charge is 2.36. The number of carbonyl (C=O) groups excluding carboxylic acids is 1. The molecule has 0 aromatic rings. The summed E-state index contributed by atoms with van der Waals surface area (Å²) in [5.41, 5.74) is 0. The van der Waals surface area contributed by atoms with Crippen LogP contribution in [0.15, 0.2) is 9.98 Å². The second-order valence-electron chi connectivity index (χ2n) is 3.73. The van der Waals surface area contributed by atoms with Crippen LogP contribution in [-0.4, -0.2) is 76.7 Å². The molecule has 0 fully saturated rings. The Hall–Kier alpha value is -1.88. The summed E-state index contributed by atoms with van der Waals surface area (Å²) in [4.78, 5) is 20.8. The number of amides is 1. The molecule has 0 spiro atoms. The van der Waals surface area contributed by atoms with E-state index in [4.69, 9.17) is 20.4 Å². The molecule has 106 valence electrons. The third-order valence-corrected chi connectivity index (χ3v) is 2.47. The Kier molecular flexibility index (Phi) is 5.06. The van der Waals surface area contributed by atoms with Crippen LogP contribution in [0.5, 0.6) is 0 Å². The third kappa shape index (κ3) is 3.12. The fraction of sp³-hybridized carbons (Fsp3) is 0.556. The van der Waals surface area contributed by atoms with Crippen LogP contribution in [0, 0.1) is 5.41 Å². The Morgan fingerprint density at radius 3 is 2.84 bits per heavy atom. The molecular weight excluding hydrogens is 258 g/mol. The lowest BCUT2D eigenvalue weighted by atomic mass is 10.2. The van der Waals surface area contributed by atoms with E-state index >= 15 is 0 Å². The number of rotatable bonds is 5. The van der Waals surface area contributed by atoms with E-state index in [0.29, 0.717) is 5.84 Å². The normalized spacial score (nSPS) is 21.1. The summed E-state index contributed by atoms with van der Waals surface area (Å²) in [6.07, 6.45) is 0.683. The Morgan fingerprint density at radius 1 is 1.53 bits per heavy atom. The molecule has 0 aromatic carbocycles. The van der Waals surface area contributed by atoms with Crippen molar-refractivity contribution in [2.45, 2.75) is 12.1 Å². The highest BCUT2D eigenvalue weighted by molar-refractivity contribution is 6.23. The molecule has 0 saturated heterocycles. The Balaban J connectivity index is 0.00000180. The maximum atomic E-state index is 11.5. The van der Waals surface area contributed by atoms with E-state index in [9.17, 15) is 4.79 Å². The molecule has 1 atom stereocenters. The van der Waals surface area contributed by atoms with Crippen LogP contribution < -0.4 is 5.32 Å². The van der Waals surface area contributed by atoms with Crippen LogP contribution in [0.25, 0.3) is 0 Å². The van der Waals surface area contributed by atoms with Crippen molar-refractivity contribution in [2.24, 2.45) is 9.98 Å². The average Bonchev–Trinajstić information content (AvgIpc) is 2.74. The smallest absolute Gasteiger partial charge is 0.259 e. The maximum Gasteiger partial charge on any atom is 0.259 e. The van der Waals surface area contributed by atoms with E-state index in [1.54, 1.807) is 0 Å². The molecular formula is C9H15N5O5. The molecule has 1 amide bonds. The predicted molar refractivity (Wildman–Crippen MR) is 64.9 cm³/mol. The van der Waals surface area contributed by atoms with Gasteiger partial charge in [0.25, 0.3) is 5.91 Å². The van der Waals surface area contributed by atoms with Crippen molar-refractivity contribution in [3.8, 4) is 0 Å². The van der Waals surface area contributed by atoms with Gasteiger partial charge in [-0.2, -0.15) is 4.99 Å². The summed E-state index contributed by atoms with van der Waals surface area (Å²) in [6.45, 7) is -0.632. The van der Waals surface area contributed by atoms with Crippen molar-refractivity contribution >= 4 is 24.0 Å². The van der Waals surface area contributed by atoms with Crippen molar-refractivity contribution in [3.05, 3.63) is 0 Å². The highest BCUT2D eigenvalue weighted by atomic mass is 16.5. The number of guanidine groups is 1. The molecule has 1 unspecified atom stereocenters. The number of nitrogens with zero attached hydrogens (tertiary/aromatic N) is 3. The van der Waals surface area contributed by atoms with Gasteiger partial charge >= 0.3 is 0 Å². The molecule has 2 rings (SSSR count). The van der Waals surface area contributed by atoms with Crippen LogP contribution in [0.3, 0.4) is 0 Å². The van der Waals surface area contributed by atoms with Crippen molar-refractivity contribution in [1.29, 1.82) is 5.41 Å². The second-order valence-corrected chi connectivity index (χ2v) is 3.73. The van der Waals surface area contributed by atoms with Crippen molar-refractivity contribution in [3.63, 3.8) is 0 Å². The highest BCUT2D eigenvalue weighted by Crippen LogP contribution is 2.12. The number of aliphatic imine (C=N–C) groups is 2. The predicted octanol–water partition coefficient (Wildman–Crippen LogP) is -3.34. The Morgan fingerprint density at radius 2 is 2.21 bits per heavy atom. The number of hydrogen-bond donors (Lipinski definition) is 4. The van der Waals surface area contributed by atoms with Gasteiger partial charge in [-0.05, 0) is 0 Å². The van der Waals surface area contributed by atoms with Crippen LogP contribution in [0.1, 0.15) is 0 Å². The molecule has 0 saturated carbocycles. The summed E-state index contributed by atoms with van der Waals surface area (Å²) in [5.74, 6) is -0.356. The van der Waals surface area contributed by atoms with Gasteiger partial charge in [-0.1, -0.05) is 0 Å². The Bertz CT molecular complexity index is 419. The summed E-state index contributed by atoms with van der Waals surface area (Å²) in [6, 6.07) is -0.760. The first-order valence-electron chi connectivity index (χ1n) is 5.27. The molecule has 19 heavy (non-hydrogen) atoms. The van der Waals surface area contributed by atoms with Crippen molar-refractivity contribution < 1.29 is 25.2 Å². The molecule has 6 N–H and O–H groups in total. The minimum absolute atomic E-state index is 0. The molecule has 10 heteroatoms. The summed E-state index contributed by atoms with van der Waals surface area (Å²) in [5, 5.41) is 27.3. The quantitative estimate of drug-likeness (QED) is 0.411. The van der Waals surface area contributed by atoms with Crippen LogP contribution in [-0.2, 0) is 9.53 Å².